The van der Waals surface area contributed by atoms with E-state index in [1.165, 1.54) is 0 Å². The number of halogens is 1. The first kappa shape index (κ1) is 15.9. The van der Waals surface area contributed by atoms with E-state index < -0.39 is 0 Å². The normalized spacial score (nSPS) is 16.6. The van der Waals surface area contributed by atoms with Crippen LogP contribution in [0.3, 0.4) is 0 Å². The number of rotatable bonds is 3. The van der Waals surface area contributed by atoms with Gasteiger partial charge in [0.05, 0.1) is 22.1 Å². The number of hydrogen-bond acceptors (Lipinski definition) is 2. The van der Waals surface area contributed by atoms with Gasteiger partial charge in [-0.1, -0.05) is 60.1 Å². The second kappa shape index (κ2) is 6.34. The third-order valence-electron chi connectivity index (χ3n) is 4.73. The van der Waals surface area contributed by atoms with Crippen LogP contribution in [-0.4, -0.2) is 16.1 Å². The molecule has 124 valence electrons. The number of benzene rings is 2. The summed E-state index contributed by atoms with van der Waals surface area (Å²) in [4.78, 5) is 11.8. The fraction of sp³-hybridized carbons (Fsp3) is 0.143. The summed E-state index contributed by atoms with van der Waals surface area (Å²) in [5.41, 5.74) is 5.50. The lowest BCUT2D eigenvalue weighted by Gasteiger charge is -2.25. The van der Waals surface area contributed by atoms with E-state index in [1.54, 1.807) is 0 Å². The van der Waals surface area contributed by atoms with Crippen molar-refractivity contribution in [3.8, 4) is 5.69 Å². The van der Waals surface area contributed by atoms with Gasteiger partial charge in [0.15, 0.2) is 0 Å². The smallest absolute Gasteiger partial charge is 0.148 e. The van der Waals surface area contributed by atoms with E-state index in [2.05, 4.69) is 0 Å². The van der Waals surface area contributed by atoms with Gasteiger partial charge >= 0.3 is 0 Å². The van der Waals surface area contributed by atoms with Crippen molar-refractivity contribution in [1.82, 2.24) is 9.78 Å². The summed E-state index contributed by atoms with van der Waals surface area (Å²) in [6.45, 7) is 1.94. The molecule has 1 unspecified atom stereocenters. The fourth-order valence-corrected chi connectivity index (χ4v) is 3.97. The van der Waals surface area contributed by atoms with E-state index in [0.717, 1.165) is 34.5 Å². The number of aryl methyl sites for hydroxylation is 1. The van der Waals surface area contributed by atoms with Crippen LogP contribution in [0.1, 0.15) is 28.4 Å². The molecule has 4 heteroatoms. The quantitative estimate of drug-likeness (QED) is 0.645. The van der Waals surface area contributed by atoms with Gasteiger partial charge < -0.3 is 0 Å². The Balaban J connectivity index is 1.92. The zero-order valence-electron chi connectivity index (χ0n) is 13.8. The molecule has 1 aliphatic rings. The summed E-state index contributed by atoms with van der Waals surface area (Å²) in [6.07, 6.45) is 1.58. The van der Waals surface area contributed by atoms with E-state index in [9.17, 15) is 4.79 Å². The van der Waals surface area contributed by atoms with Gasteiger partial charge in [-0.3, -0.25) is 4.79 Å². The van der Waals surface area contributed by atoms with Crippen molar-refractivity contribution >= 4 is 22.9 Å². The van der Waals surface area contributed by atoms with E-state index in [-0.39, 0.29) is 5.92 Å². The number of para-hydroxylation sites is 1. The maximum atomic E-state index is 11.8. The largest absolute Gasteiger partial charge is 0.298 e. The van der Waals surface area contributed by atoms with Gasteiger partial charge in [-0.05, 0) is 24.6 Å². The summed E-state index contributed by atoms with van der Waals surface area (Å²) in [6, 6.07) is 20.0. The minimum Gasteiger partial charge on any atom is -0.298 e. The number of carbonyl (C=O) groups excluding carboxylic acids is 1. The Labute approximate surface area is 151 Å². The molecule has 0 spiro atoms. The Bertz CT molecular complexity index is 958. The molecule has 1 aromatic heterocycles. The highest BCUT2D eigenvalue weighted by atomic mass is 35.5. The highest BCUT2D eigenvalue weighted by Crippen LogP contribution is 2.43. The first-order chi connectivity index (χ1) is 12.2. The molecule has 0 saturated heterocycles. The molecule has 0 bridgehead atoms. The van der Waals surface area contributed by atoms with Crippen molar-refractivity contribution in [3.63, 3.8) is 0 Å². The number of carbonyl (C=O) groups is 1. The third kappa shape index (κ3) is 2.61. The minimum atomic E-state index is -0.0581. The van der Waals surface area contributed by atoms with Crippen LogP contribution in [0.5, 0.6) is 0 Å². The lowest BCUT2D eigenvalue weighted by Crippen LogP contribution is -2.17. The zero-order chi connectivity index (χ0) is 17.4. The number of nitrogens with zero attached hydrogens (tertiary/aromatic N) is 2. The van der Waals surface area contributed by atoms with Gasteiger partial charge in [-0.15, -0.1) is 0 Å². The standard InChI is InChI=1S/C21H17ClN2O/c1-14-20-19(24(23-14)16-10-6-3-7-11-16)12-17(18(13-25)21(20)22)15-8-4-2-5-9-15/h2-11,13,17H,12H2,1H3. The predicted octanol–water partition coefficient (Wildman–Crippen LogP) is 4.67. The van der Waals surface area contributed by atoms with E-state index in [0.29, 0.717) is 17.0 Å². The Hall–Kier alpha value is -2.65. The van der Waals surface area contributed by atoms with Gasteiger partial charge in [0.2, 0.25) is 0 Å². The second-order valence-electron chi connectivity index (χ2n) is 6.21. The van der Waals surface area contributed by atoms with Gasteiger partial charge in [0.25, 0.3) is 0 Å². The van der Waals surface area contributed by atoms with E-state index in [1.807, 2.05) is 72.3 Å². The molecule has 0 saturated carbocycles. The number of allylic oxidation sites excluding steroid dienone is 1. The molecular formula is C21H17ClN2O. The SMILES string of the molecule is Cc1nn(-c2ccccc2)c2c1C(Cl)=C(C=O)C(c1ccccc1)C2. The van der Waals surface area contributed by atoms with Crippen molar-refractivity contribution in [3.05, 3.63) is 88.8 Å². The van der Waals surface area contributed by atoms with Crippen LogP contribution in [0.25, 0.3) is 10.7 Å². The second-order valence-corrected chi connectivity index (χ2v) is 6.59. The van der Waals surface area contributed by atoms with E-state index >= 15 is 0 Å². The Morgan fingerprint density at radius 1 is 1.08 bits per heavy atom. The molecule has 3 nitrogen and oxygen atoms in total. The van der Waals surface area contributed by atoms with Gasteiger partial charge in [-0.25, -0.2) is 4.68 Å². The highest BCUT2D eigenvalue weighted by Gasteiger charge is 2.32. The lowest BCUT2D eigenvalue weighted by atomic mass is 9.81. The first-order valence-corrected chi connectivity index (χ1v) is 8.62. The summed E-state index contributed by atoms with van der Waals surface area (Å²) < 4.78 is 1.95. The van der Waals surface area contributed by atoms with Crippen LogP contribution in [0.15, 0.2) is 66.2 Å². The Morgan fingerprint density at radius 3 is 2.36 bits per heavy atom. The Morgan fingerprint density at radius 2 is 1.72 bits per heavy atom. The fourth-order valence-electron chi connectivity index (χ4n) is 3.55. The van der Waals surface area contributed by atoms with Gasteiger partial charge in [0, 0.05) is 23.5 Å². The summed E-state index contributed by atoms with van der Waals surface area (Å²) in [5.74, 6) is -0.0581. The molecule has 0 fully saturated rings. The van der Waals surface area contributed by atoms with E-state index in [4.69, 9.17) is 16.7 Å². The molecule has 0 aliphatic heterocycles. The van der Waals surface area contributed by atoms with Gasteiger partial charge in [-0.2, -0.15) is 5.10 Å². The summed E-state index contributed by atoms with van der Waals surface area (Å²) in [5, 5.41) is 5.21. The molecular weight excluding hydrogens is 332 g/mol. The zero-order valence-corrected chi connectivity index (χ0v) is 14.6. The maximum Gasteiger partial charge on any atom is 0.148 e. The van der Waals surface area contributed by atoms with Crippen molar-refractivity contribution in [2.75, 3.05) is 0 Å². The third-order valence-corrected chi connectivity index (χ3v) is 5.14. The number of fused-ring (bicyclic) bond motifs is 1. The van der Waals surface area contributed by atoms with Crippen molar-refractivity contribution in [2.24, 2.45) is 0 Å². The van der Waals surface area contributed by atoms with Crippen LogP contribution in [-0.2, 0) is 11.2 Å². The van der Waals surface area contributed by atoms with Crippen LogP contribution >= 0.6 is 11.6 Å². The summed E-state index contributed by atoms with van der Waals surface area (Å²) in [7, 11) is 0. The summed E-state index contributed by atoms with van der Waals surface area (Å²) >= 11 is 6.66. The number of hydrogen-bond donors (Lipinski definition) is 0. The number of aromatic nitrogens is 2. The van der Waals surface area contributed by atoms with Crippen LogP contribution in [0.2, 0.25) is 0 Å². The van der Waals surface area contributed by atoms with Crippen LogP contribution in [0.4, 0.5) is 0 Å². The minimum absolute atomic E-state index is 0.0581. The molecule has 1 atom stereocenters. The molecule has 4 rings (SSSR count). The highest BCUT2D eigenvalue weighted by molar-refractivity contribution is 6.51. The molecule has 1 aliphatic carbocycles. The predicted molar refractivity (Wildman–Crippen MR) is 100 cm³/mol. The van der Waals surface area contributed by atoms with Crippen LogP contribution < -0.4 is 0 Å². The van der Waals surface area contributed by atoms with Crippen LogP contribution in [0, 0.1) is 6.92 Å². The Kier molecular flexibility index (Phi) is 4.02. The monoisotopic (exact) mass is 348 g/mol. The first-order valence-electron chi connectivity index (χ1n) is 8.24. The molecule has 1 heterocycles. The average molecular weight is 349 g/mol. The molecule has 0 radical (unpaired) electrons. The topological polar surface area (TPSA) is 34.9 Å². The molecule has 0 N–H and O–H groups in total. The maximum absolute atomic E-state index is 11.8. The molecule has 25 heavy (non-hydrogen) atoms. The molecule has 0 amide bonds. The van der Waals surface area contributed by atoms with Crippen molar-refractivity contribution in [1.29, 1.82) is 0 Å². The molecule has 3 aromatic rings. The van der Waals surface area contributed by atoms with Crippen molar-refractivity contribution < 1.29 is 4.79 Å². The number of aldehydes is 1. The van der Waals surface area contributed by atoms with Crippen molar-refractivity contribution in [2.45, 2.75) is 19.3 Å². The lowest BCUT2D eigenvalue weighted by molar-refractivity contribution is -0.105. The average Bonchev–Trinajstić information content (AvgIpc) is 3.00. The molecule has 2 aromatic carbocycles. The van der Waals surface area contributed by atoms with Gasteiger partial charge in [0.1, 0.15) is 6.29 Å².